The summed E-state index contributed by atoms with van der Waals surface area (Å²) in [5.74, 6) is -1.34. The zero-order valence-corrected chi connectivity index (χ0v) is 20.2. The summed E-state index contributed by atoms with van der Waals surface area (Å²) in [6.07, 6.45) is -1.16. The van der Waals surface area contributed by atoms with Gasteiger partial charge in [-0.05, 0) is 27.7 Å². The number of hydrogen-bond donors (Lipinski definition) is 4. The van der Waals surface area contributed by atoms with Crippen molar-refractivity contribution in [2.24, 2.45) is 0 Å². The molecule has 0 bridgehead atoms. The second-order valence-corrected chi connectivity index (χ2v) is 9.89. The lowest BCUT2D eigenvalue weighted by Gasteiger charge is -2.35. The van der Waals surface area contributed by atoms with Crippen molar-refractivity contribution < 1.29 is 29.2 Å². The van der Waals surface area contributed by atoms with Crippen LogP contribution in [0.4, 0.5) is 0 Å². The first kappa shape index (κ1) is 26.2. The molecule has 0 unspecified atom stereocenters. The van der Waals surface area contributed by atoms with Crippen molar-refractivity contribution in [2.75, 3.05) is 78.8 Å². The Bertz CT molecular complexity index is 507. The van der Waals surface area contributed by atoms with E-state index in [0.29, 0.717) is 13.2 Å². The highest BCUT2D eigenvalue weighted by atomic mass is 16.7. The third-order valence-corrected chi connectivity index (χ3v) is 6.54. The summed E-state index contributed by atoms with van der Waals surface area (Å²) in [7, 11) is 0. The average molecular weight is 461 g/mol. The Balaban J connectivity index is 1.54. The number of ether oxygens (including phenoxy) is 4. The number of nitrogens with one attached hydrogen (secondary N) is 2. The van der Waals surface area contributed by atoms with E-state index in [0.717, 1.165) is 52.4 Å². The smallest absolute Gasteiger partial charge is 0.162 e. The topological polar surface area (TPSA) is 108 Å². The lowest BCUT2D eigenvalue weighted by Crippen LogP contribution is -2.54. The van der Waals surface area contributed by atoms with Gasteiger partial charge in [-0.15, -0.1) is 0 Å². The van der Waals surface area contributed by atoms with E-state index >= 15 is 0 Å². The predicted octanol–water partition coefficient (Wildman–Crippen LogP) is -1.19. The van der Waals surface area contributed by atoms with Crippen molar-refractivity contribution >= 4 is 0 Å². The first-order valence-electron chi connectivity index (χ1n) is 12.0. The van der Waals surface area contributed by atoms with Crippen LogP contribution >= 0.6 is 0 Å². The van der Waals surface area contributed by atoms with Crippen LogP contribution in [0.1, 0.15) is 27.7 Å². The molecule has 0 aliphatic carbocycles. The number of nitrogens with zero attached hydrogens (tertiary/aromatic N) is 2. The minimum Gasteiger partial charge on any atom is -0.389 e. The van der Waals surface area contributed by atoms with E-state index in [1.807, 2.05) is 27.7 Å². The maximum atomic E-state index is 10.6. The molecule has 32 heavy (non-hydrogen) atoms. The number of aliphatic hydroxyl groups excluding tert-OH is 2. The Morgan fingerprint density at radius 2 is 0.906 bits per heavy atom. The van der Waals surface area contributed by atoms with Crippen molar-refractivity contribution in [3.05, 3.63) is 0 Å². The maximum absolute atomic E-state index is 10.6. The summed E-state index contributed by atoms with van der Waals surface area (Å²) in [5, 5.41) is 28.3. The van der Waals surface area contributed by atoms with E-state index in [-0.39, 0.29) is 25.3 Å². The molecule has 0 spiro atoms. The van der Waals surface area contributed by atoms with Crippen LogP contribution in [-0.2, 0) is 18.9 Å². The van der Waals surface area contributed by atoms with Gasteiger partial charge in [0.1, 0.15) is 0 Å². The van der Waals surface area contributed by atoms with Gasteiger partial charge in [0.05, 0.1) is 50.7 Å². The number of hydrogen-bond acceptors (Lipinski definition) is 10. The highest BCUT2D eigenvalue weighted by Gasteiger charge is 2.36. The largest absolute Gasteiger partial charge is 0.389 e. The molecular formula is C22H44N4O6. The van der Waals surface area contributed by atoms with Gasteiger partial charge >= 0.3 is 0 Å². The summed E-state index contributed by atoms with van der Waals surface area (Å²) in [5.41, 5.74) is 0. The molecule has 3 saturated heterocycles. The zero-order chi connectivity index (χ0) is 23.2. The van der Waals surface area contributed by atoms with Crippen LogP contribution < -0.4 is 10.6 Å². The fourth-order valence-corrected chi connectivity index (χ4v) is 4.40. The van der Waals surface area contributed by atoms with Gasteiger partial charge in [0.25, 0.3) is 0 Å². The van der Waals surface area contributed by atoms with Crippen LogP contribution in [0.5, 0.6) is 0 Å². The first-order chi connectivity index (χ1) is 15.2. The van der Waals surface area contributed by atoms with Gasteiger partial charge < -0.3 is 39.8 Å². The molecule has 4 atom stereocenters. The van der Waals surface area contributed by atoms with Gasteiger partial charge in [-0.2, -0.15) is 0 Å². The molecule has 3 rings (SSSR count). The molecule has 3 aliphatic heterocycles. The third-order valence-electron chi connectivity index (χ3n) is 6.54. The van der Waals surface area contributed by atoms with E-state index in [4.69, 9.17) is 18.9 Å². The van der Waals surface area contributed by atoms with E-state index in [2.05, 4.69) is 20.4 Å². The minimum absolute atomic E-state index is 0.0959. The molecule has 0 amide bonds. The lowest BCUT2D eigenvalue weighted by molar-refractivity contribution is -0.204. The van der Waals surface area contributed by atoms with Crippen molar-refractivity contribution in [1.29, 1.82) is 0 Å². The molecule has 0 aromatic heterocycles. The quantitative estimate of drug-likeness (QED) is 0.402. The second kappa shape index (κ2) is 11.8. The summed E-state index contributed by atoms with van der Waals surface area (Å²) in [4.78, 5) is 4.58. The SMILES string of the molecule is CC1(C)OC[C@@H](O)[C@H](N2CCNCCN([C@H]3COC(C)(C)OC[C@@H]3O)CCNCC2)CO1. The normalized spacial score (nSPS) is 36.9. The van der Waals surface area contributed by atoms with Crippen molar-refractivity contribution in [3.8, 4) is 0 Å². The monoisotopic (exact) mass is 460 g/mol. The minimum atomic E-state index is -0.672. The van der Waals surface area contributed by atoms with Crippen molar-refractivity contribution in [3.63, 3.8) is 0 Å². The van der Waals surface area contributed by atoms with Crippen LogP contribution in [0.15, 0.2) is 0 Å². The van der Waals surface area contributed by atoms with Crippen molar-refractivity contribution in [2.45, 2.75) is 63.6 Å². The fraction of sp³-hybridized carbons (Fsp3) is 1.00. The Hall–Kier alpha value is -0.400. The van der Waals surface area contributed by atoms with E-state index in [9.17, 15) is 10.2 Å². The van der Waals surface area contributed by atoms with Gasteiger partial charge in [0.2, 0.25) is 0 Å². The molecule has 10 heteroatoms. The van der Waals surface area contributed by atoms with Crippen molar-refractivity contribution in [1.82, 2.24) is 20.4 Å². The predicted molar refractivity (Wildman–Crippen MR) is 120 cm³/mol. The molecule has 4 N–H and O–H groups in total. The van der Waals surface area contributed by atoms with E-state index in [1.54, 1.807) is 0 Å². The molecule has 0 radical (unpaired) electrons. The van der Waals surface area contributed by atoms with Crippen LogP contribution in [0, 0.1) is 0 Å². The summed E-state index contributed by atoms with van der Waals surface area (Å²) >= 11 is 0. The number of aliphatic hydroxyl groups is 2. The van der Waals surface area contributed by atoms with Gasteiger partial charge in [-0.1, -0.05) is 0 Å². The molecule has 10 nitrogen and oxygen atoms in total. The first-order valence-corrected chi connectivity index (χ1v) is 12.0. The molecule has 0 aromatic carbocycles. The van der Waals surface area contributed by atoms with Crippen LogP contribution in [0.25, 0.3) is 0 Å². The summed E-state index contributed by atoms with van der Waals surface area (Å²) in [6.45, 7) is 15.4. The summed E-state index contributed by atoms with van der Waals surface area (Å²) in [6, 6.07) is -0.192. The van der Waals surface area contributed by atoms with Crippen LogP contribution in [-0.4, -0.2) is 135 Å². The van der Waals surface area contributed by atoms with E-state index in [1.165, 1.54) is 0 Å². The highest BCUT2D eigenvalue weighted by molar-refractivity contribution is 4.86. The molecule has 0 aromatic rings. The maximum Gasteiger partial charge on any atom is 0.162 e. The number of rotatable bonds is 2. The molecule has 3 aliphatic rings. The van der Waals surface area contributed by atoms with E-state index < -0.39 is 23.8 Å². The zero-order valence-electron chi connectivity index (χ0n) is 20.2. The van der Waals surface area contributed by atoms with Gasteiger partial charge in [0, 0.05) is 52.4 Å². The van der Waals surface area contributed by atoms with Gasteiger partial charge in [-0.25, -0.2) is 0 Å². The van der Waals surface area contributed by atoms with Gasteiger partial charge in [-0.3, -0.25) is 9.80 Å². The average Bonchev–Trinajstić information content (AvgIpc) is 2.95. The standard InChI is InChI=1S/C22H44N4O6/c1-21(2)29-13-17(19(27)15-31-21)25-9-5-23-7-11-26(12-8-24-6-10-25)18-14-30-22(3,4)32-16-20(18)28/h17-20,23-24,27-28H,5-16H2,1-4H3/t17-,18+,19-,20+. The van der Waals surface area contributed by atoms with Gasteiger partial charge in [0.15, 0.2) is 11.6 Å². The third kappa shape index (κ3) is 7.83. The highest BCUT2D eigenvalue weighted by Crippen LogP contribution is 2.21. The lowest BCUT2D eigenvalue weighted by atomic mass is 10.1. The molecule has 0 saturated carbocycles. The summed E-state index contributed by atoms with van der Waals surface area (Å²) < 4.78 is 23.2. The Labute approximate surface area is 192 Å². The molecule has 3 fully saturated rings. The second-order valence-electron chi connectivity index (χ2n) is 9.89. The molecule has 3 heterocycles. The fourth-order valence-electron chi connectivity index (χ4n) is 4.40. The Morgan fingerprint density at radius 3 is 1.25 bits per heavy atom. The van der Waals surface area contributed by atoms with Crippen LogP contribution in [0.3, 0.4) is 0 Å². The van der Waals surface area contributed by atoms with Crippen LogP contribution in [0.2, 0.25) is 0 Å². The molecular weight excluding hydrogens is 416 g/mol. The molecule has 188 valence electrons. The Morgan fingerprint density at radius 1 is 0.594 bits per heavy atom. The Kier molecular flexibility index (Phi) is 9.69.